The first kappa shape index (κ1) is 13.5. The van der Waals surface area contributed by atoms with Gasteiger partial charge in [-0.3, -0.25) is 0 Å². The Morgan fingerprint density at radius 3 is 3.09 bits per heavy atom. The van der Waals surface area contributed by atoms with Crippen LogP contribution in [0, 0.1) is 0 Å². The Labute approximate surface area is 138 Å². The lowest BCUT2D eigenvalue weighted by molar-refractivity contribution is 0.492. The quantitative estimate of drug-likeness (QED) is 0.785. The predicted molar refractivity (Wildman–Crippen MR) is 92.2 cm³/mol. The normalized spacial score (nSPS) is 21.0. The van der Waals surface area contributed by atoms with Crippen molar-refractivity contribution >= 4 is 27.4 Å². The van der Waals surface area contributed by atoms with Gasteiger partial charge in [-0.15, -0.1) is 11.3 Å². The summed E-state index contributed by atoms with van der Waals surface area (Å²) in [7, 11) is 0. The van der Waals surface area contributed by atoms with Crippen molar-refractivity contribution < 1.29 is 0 Å². The number of aromatic nitrogens is 4. The minimum atomic E-state index is 0.468. The molecule has 23 heavy (non-hydrogen) atoms. The van der Waals surface area contributed by atoms with E-state index in [1.807, 2.05) is 23.7 Å². The number of imidazole rings is 1. The van der Waals surface area contributed by atoms with Crippen molar-refractivity contribution in [2.75, 3.05) is 18.0 Å². The molecule has 0 bridgehead atoms. The first-order valence-electron chi connectivity index (χ1n) is 8.39. The van der Waals surface area contributed by atoms with E-state index < -0.39 is 0 Å². The van der Waals surface area contributed by atoms with Crippen LogP contribution in [0.25, 0.3) is 10.2 Å². The first-order chi connectivity index (χ1) is 11.4. The second-order valence-electron chi connectivity index (χ2n) is 6.49. The number of H-pyrrole nitrogens is 1. The van der Waals surface area contributed by atoms with Crippen LogP contribution < -0.4 is 4.90 Å². The molecular weight excluding hydrogens is 306 g/mol. The molecule has 2 aliphatic rings. The topological polar surface area (TPSA) is 57.7 Å². The van der Waals surface area contributed by atoms with Gasteiger partial charge in [0.25, 0.3) is 0 Å². The number of thiophene rings is 1. The summed E-state index contributed by atoms with van der Waals surface area (Å²) >= 11 is 1.87. The molecule has 1 atom stereocenters. The molecule has 0 spiro atoms. The zero-order chi connectivity index (χ0) is 15.2. The lowest BCUT2D eigenvalue weighted by atomic mass is 9.97. The van der Waals surface area contributed by atoms with Gasteiger partial charge in [0.1, 0.15) is 22.8 Å². The molecule has 1 aliphatic carbocycles. The molecule has 0 radical (unpaired) electrons. The lowest BCUT2D eigenvalue weighted by Gasteiger charge is -2.33. The van der Waals surface area contributed by atoms with Crippen molar-refractivity contribution in [3.8, 4) is 0 Å². The molecule has 5 rings (SSSR count). The van der Waals surface area contributed by atoms with Crippen LogP contribution in [0.4, 0.5) is 5.82 Å². The molecule has 0 amide bonds. The molecule has 0 saturated carbocycles. The fraction of sp³-hybridized carbons (Fsp3) is 0.471. The molecule has 6 heteroatoms. The largest absolute Gasteiger partial charge is 0.355 e. The van der Waals surface area contributed by atoms with Gasteiger partial charge < -0.3 is 9.88 Å². The van der Waals surface area contributed by atoms with Crippen LogP contribution >= 0.6 is 11.3 Å². The predicted octanol–water partition coefficient (Wildman–Crippen LogP) is 3.29. The van der Waals surface area contributed by atoms with E-state index in [1.165, 1.54) is 52.8 Å². The van der Waals surface area contributed by atoms with Gasteiger partial charge in [0.2, 0.25) is 0 Å². The molecule has 5 nitrogen and oxygen atoms in total. The molecule has 3 aromatic heterocycles. The van der Waals surface area contributed by atoms with Gasteiger partial charge in [0.15, 0.2) is 0 Å². The molecule has 3 aromatic rings. The van der Waals surface area contributed by atoms with Crippen LogP contribution in [0.3, 0.4) is 0 Å². The maximum atomic E-state index is 4.69. The van der Waals surface area contributed by atoms with Crippen LogP contribution in [0.1, 0.15) is 41.4 Å². The summed E-state index contributed by atoms with van der Waals surface area (Å²) in [6.07, 6.45) is 11.6. The van der Waals surface area contributed by atoms with E-state index in [-0.39, 0.29) is 0 Å². The minimum absolute atomic E-state index is 0.468. The Kier molecular flexibility index (Phi) is 3.11. The molecular formula is C17H19N5S. The highest BCUT2D eigenvalue weighted by atomic mass is 32.1. The Bertz CT molecular complexity index is 838. The lowest BCUT2D eigenvalue weighted by Crippen LogP contribution is -2.35. The Hall–Kier alpha value is -1.95. The molecule has 4 heterocycles. The first-order valence-corrected chi connectivity index (χ1v) is 9.21. The minimum Gasteiger partial charge on any atom is -0.355 e. The third kappa shape index (κ3) is 2.16. The summed E-state index contributed by atoms with van der Waals surface area (Å²) in [6.45, 7) is 2.07. The fourth-order valence-electron chi connectivity index (χ4n) is 4.05. The fourth-order valence-corrected chi connectivity index (χ4v) is 5.27. The van der Waals surface area contributed by atoms with Crippen molar-refractivity contribution in [2.24, 2.45) is 0 Å². The van der Waals surface area contributed by atoms with E-state index >= 15 is 0 Å². The van der Waals surface area contributed by atoms with Gasteiger partial charge >= 0.3 is 0 Å². The Morgan fingerprint density at radius 2 is 2.17 bits per heavy atom. The summed E-state index contributed by atoms with van der Waals surface area (Å²) < 4.78 is 0. The molecule has 118 valence electrons. The Balaban J connectivity index is 1.55. The van der Waals surface area contributed by atoms with Crippen molar-refractivity contribution in [1.82, 2.24) is 19.9 Å². The average Bonchev–Trinajstić information content (AvgIpc) is 3.31. The zero-order valence-corrected chi connectivity index (χ0v) is 13.8. The number of nitrogens with one attached hydrogen (secondary N) is 1. The number of nitrogens with zero attached hydrogens (tertiary/aromatic N) is 4. The van der Waals surface area contributed by atoms with Crippen molar-refractivity contribution in [3.05, 3.63) is 35.0 Å². The van der Waals surface area contributed by atoms with Crippen molar-refractivity contribution in [3.63, 3.8) is 0 Å². The van der Waals surface area contributed by atoms with E-state index in [0.717, 1.165) is 24.7 Å². The number of anilines is 1. The van der Waals surface area contributed by atoms with Crippen LogP contribution in [-0.2, 0) is 12.8 Å². The number of piperidine rings is 1. The number of fused-ring (bicyclic) bond motifs is 3. The van der Waals surface area contributed by atoms with Gasteiger partial charge in [-0.2, -0.15) is 0 Å². The van der Waals surface area contributed by atoms with Gasteiger partial charge in [0, 0.05) is 36.3 Å². The van der Waals surface area contributed by atoms with E-state index in [4.69, 9.17) is 0 Å². The summed E-state index contributed by atoms with van der Waals surface area (Å²) in [4.78, 5) is 22.1. The molecule has 0 aromatic carbocycles. The Morgan fingerprint density at radius 1 is 1.17 bits per heavy atom. The highest BCUT2D eigenvalue weighted by molar-refractivity contribution is 7.19. The molecule has 1 saturated heterocycles. The van der Waals surface area contributed by atoms with E-state index in [0.29, 0.717) is 5.92 Å². The number of aryl methyl sites for hydroxylation is 2. The number of rotatable bonds is 2. The number of hydrogen-bond acceptors (Lipinski definition) is 5. The third-order valence-electron chi connectivity index (χ3n) is 5.11. The summed E-state index contributed by atoms with van der Waals surface area (Å²) in [5.41, 5.74) is 1.51. The van der Waals surface area contributed by atoms with E-state index in [1.54, 1.807) is 6.33 Å². The third-order valence-corrected chi connectivity index (χ3v) is 6.31. The van der Waals surface area contributed by atoms with Crippen LogP contribution in [-0.4, -0.2) is 33.0 Å². The summed E-state index contributed by atoms with van der Waals surface area (Å²) in [6, 6.07) is 0. The van der Waals surface area contributed by atoms with Crippen LogP contribution in [0.2, 0.25) is 0 Å². The average molecular weight is 325 g/mol. The smallest absolute Gasteiger partial charge is 0.141 e. The molecule has 1 fully saturated rings. The monoisotopic (exact) mass is 325 g/mol. The van der Waals surface area contributed by atoms with Crippen LogP contribution in [0.15, 0.2) is 18.7 Å². The van der Waals surface area contributed by atoms with Gasteiger partial charge in [-0.25, -0.2) is 15.0 Å². The SMILES string of the molecule is c1c[nH]c([C@@H]2CCCN(c3ncnc4sc5c(c34)CCC5)C2)n1. The summed E-state index contributed by atoms with van der Waals surface area (Å²) in [5.74, 6) is 2.72. The maximum absolute atomic E-state index is 4.69. The van der Waals surface area contributed by atoms with E-state index in [2.05, 4.69) is 24.8 Å². The van der Waals surface area contributed by atoms with Crippen molar-refractivity contribution in [2.45, 2.75) is 38.0 Å². The molecule has 1 aliphatic heterocycles. The van der Waals surface area contributed by atoms with Crippen molar-refractivity contribution in [1.29, 1.82) is 0 Å². The second-order valence-corrected chi connectivity index (χ2v) is 7.58. The van der Waals surface area contributed by atoms with E-state index in [9.17, 15) is 0 Å². The highest BCUT2D eigenvalue weighted by Gasteiger charge is 2.28. The van der Waals surface area contributed by atoms with Gasteiger partial charge in [0.05, 0.1) is 5.39 Å². The zero-order valence-electron chi connectivity index (χ0n) is 13.0. The standard InChI is InChI=1S/C17H19N5S/c1-4-12-13(5-1)23-17-14(12)16(20-10-21-17)22-8-2-3-11(9-22)15-18-6-7-19-15/h6-7,10-11H,1-5,8-9H2,(H,18,19)/t11-/m1/s1. The molecule has 1 N–H and O–H groups in total. The van der Waals surface area contributed by atoms with Crippen LogP contribution in [0.5, 0.6) is 0 Å². The number of hydrogen-bond donors (Lipinski definition) is 1. The van der Waals surface area contributed by atoms with Gasteiger partial charge in [-0.05, 0) is 37.7 Å². The highest BCUT2D eigenvalue weighted by Crippen LogP contribution is 2.41. The number of aromatic amines is 1. The second kappa shape index (κ2) is 5.30. The van der Waals surface area contributed by atoms with Gasteiger partial charge in [-0.1, -0.05) is 0 Å². The molecule has 0 unspecified atom stereocenters. The maximum Gasteiger partial charge on any atom is 0.141 e. The summed E-state index contributed by atoms with van der Waals surface area (Å²) in [5, 5.41) is 1.32.